The summed E-state index contributed by atoms with van der Waals surface area (Å²) in [6.45, 7) is 5.28. The molecule has 1 amide bonds. The van der Waals surface area contributed by atoms with Crippen molar-refractivity contribution in [1.29, 1.82) is 0 Å². The Bertz CT molecular complexity index is 494. The quantitative estimate of drug-likeness (QED) is 0.764. The fourth-order valence-electron chi connectivity index (χ4n) is 2.51. The summed E-state index contributed by atoms with van der Waals surface area (Å²) in [4.78, 5) is 25.0. The van der Waals surface area contributed by atoms with Crippen LogP contribution in [0.25, 0.3) is 0 Å². The third-order valence-electron chi connectivity index (χ3n) is 3.56. The first kappa shape index (κ1) is 15.4. The van der Waals surface area contributed by atoms with Crippen molar-refractivity contribution >= 4 is 11.9 Å². The SMILES string of the molecule is CCCN1CCC(NC(=O)Cn2cc(C(=O)O)nn2)CC1. The van der Waals surface area contributed by atoms with Crippen molar-refractivity contribution in [2.75, 3.05) is 19.6 Å². The second kappa shape index (κ2) is 7.16. The number of piperidine rings is 1. The van der Waals surface area contributed by atoms with Gasteiger partial charge in [0.2, 0.25) is 5.91 Å². The zero-order valence-corrected chi connectivity index (χ0v) is 12.2. The van der Waals surface area contributed by atoms with Crippen molar-refractivity contribution in [3.8, 4) is 0 Å². The highest BCUT2D eigenvalue weighted by Crippen LogP contribution is 2.10. The van der Waals surface area contributed by atoms with Gasteiger partial charge in [-0.2, -0.15) is 0 Å². The minimum Gasteiger partial charge on any atom is -0.476 e. The van der Waals surface area contributed by atoms with E-state index in [4.69, 9.17) is 5.11 Å². The topological polar surface area (TPSA) is 100 Å². The lowest BCUT2D eigenvalue weighted by molar-refractivity contribution is -0.122. The Morgan fingerprint density at radius 3 is 2.71 bits per heavy atom. The predicted molar refractivity (Wildman–Crippen MR) is 74.9 cm³/mol. The number of nitrogens with one attached hydrogen (secondary N) is 1. The van der Waals surface area contributed by atoms with Crippen LogP contribution in [0.5, 0.6) is 0 Å². The molecule has 0 saturated carbocycles. The highest BCUT2D eigenvalue weighted by molar-refractivity contribution is 5.84. The Labute approximate surface area is 123 Å². The first-order valence-corrected chi connectivity index (χ1v) is 7.23. The van der Waals surface area contributed by atoms with E-state index in [0.29, 0.717) is 0 Å². The fraction of sp³-hybridized carbons (Fsp3) is 0.692. The van der Waals surface area contributed by atoms with Crippen LogP contribution < -0.4 is 5.32 Å². The minimum absolute atomic E-state index is 0.00451. The van der Waals surface area contributed by atoms with Crippen molar-refractivity contribution < 1.29 is 14.7 Å². The molecule has 21 heavy (non-hydrogen) atoms. The van der Waals surface area contributed by atoms with Crippen LogP contribution in [0.1, 0.15) is 36.7 Å². The lowest BCUT2D eigenvalue weighted by Gasteiger charge is -2.32. The van der Waals surface area contributed by atoms with E-state index in [1.807, 2.05) is 0 Å². The largest absolute Gasteiger partial charge is 0.476 e. The highest BCUT2D eigenvalue weighted by atomic mass is 16.4. The van der Waals surface area contributed by atoms with E-state index < -0.39 is 5.97 Å². The number of hydrogen-bond donors (Lipinski definition) is 2. The van der Waals surface area contributed by atoms with Gasteiger partial charge in [-0.3, -0.25) is 4.79 Å². The zero-order valence-electron chi connectivity index (χ0n) is 12.2. The number of carboxylic acid groups (broad SMARTS) is 1. The van der Waals surface area contributed by atoms with E-state index in [9.17, 15) is 9.59 Å². The molecule has 116 valence electrons. The maximum absolute atomic E-state index is 11.9. The number of nitrogens with zero attached hydrogens (tertiary/aromatic N) is 4. The van der Waals surface area contributed by atoms with E-state index in [-0.39, 0.29) is 24.2 Å². The molecule has 2 rings (SSSR count). The van der Waals surface area contributed by atoms with E-state index in [2.05, 4.69) is 27.5 Å². The molecule has 0 radical (unpaired) electrons. The Balaban J connectivity index is 1.76. The van der Waals surface area contributed by atoms with Gasteiger partial charge in [-0.15, -0.1) is 5.10 Å². The molecule has 8 nitrogen and oxygen atoms in total. The van der Waals surface area contributed by atoms with Gasteiger partial charge in [0.05, 0.1) is 6.20 Å². The number of aromatic nitrogens is 3. The van der Waals surface area contributed by atoms with E-state index in [1.54, 1.807) is 0 Å². The molecule has 0 spiro atoms. The molecule has 1 fully saturated rings. The minimum atomic E-state index is -1.15. The predicted octanol–water partition coefficient (Wildman–Crippen LogP) is -0.0331. The molecule has 0 atom stereocenters. The number of amides is 1. The summed E-state index contributed by atoms with van der Waals surface area (Å²) in [5.74, 6) is -1.31. The zero-order chi connectivity index (χ0) is 15.2. The Kier molecular flexibility index (Phi) is 5.26. The second-order valence-electron chi connectivity index (χ2n) is 5.29. The summed E-state index contributed by atoms with van der Waals surface area (Å²) in [6.07, 6.45) is 4.30. The van der Waals surface area contributed by atoms with Crippen LogP contribution in [-0.4, -0.2) is 62.6 Å². The van der Waals surface area contributed by atoms with E-state index in [0.717, 1.165) is 38.9 Å². The van der Waals surface area contributed by atoms with Crippen LogP contribution in [0.15, 0.2) is 6.20 Å². The number of carboxylic acids is 1. The summed E-state index contributed by atoms with van der Waals surface area (Å²) in [5.41, 5.74) is -0.157. The van der Waals surface area contributed by atoms with Crippen molar-refractivity contribution in [2.45, 2.75) is 38.8 Å². The van der Waals surface area contributed by atoms with Crippen LogP contribution in [0.4, 0.5) is 0 Å². The normalized spacial score (nSPS) is 16.8. The van der Waals surface area contributed by atoms with Gasteiger partial charge in [-0.1, -0.05) is 12.1 Å². The lowest BCUT2D eigenvalue weighted by atomic mass is 10.0. The standard InChI is InChI=1S/C13H21N5O3/c1-2-5-17-6-3-10(4-7-17)14-12(19)9-18-8-11(13(20)21)15-16-18/h8,10H,2-7,9H2,1H3,(H,14,19)(H,20,21). The van der Waals surface area contributed by atoms with Gasteiger partial charge in [0.1, 0.15) is 6.54 Å². The smallest absolute Gasteiger partial charge is 0.358 e. The summed E-state index contributed by atoms with van der Waals surface area (Å²) in [7, 11) is 0. The van der Waals surface area contributed by atoms with Gasteiger partial charge in [0.15, 0.2) is 5.69 Å². The second-order valence-corrected chi connectivity index (χ2v) is 5.29. The van der Waals surface area contributed by atoms with Crippen LogP contribution in [0.2, 0.25) is 0 Å². The van der Waals surface area contributed by atoms with E-state index in [1.165, 1.54) is 10.9 Å². The third-order valence-corrected chi connectivity index (χ3v) is 3.56. The summed E-state index contributed by atoms with van der Waals surface area (Å²) >= 11 is 0. The maximum Gasteiger partial charge on any atom is 0.358 e. The molecule has 0 aliphatic carbocycles. The first-order valence-electron chi connectivity index (χ1n) is 7.23. The molecule has 0 aromatic carbocycles. The Hall–Kier alpha value is -1.96. The van der Waals surface area contributed by atoms with Gasteiger partial charge in [-0.05, 0) is 25.8 Å². The molecule has 1 aromatic rings. The molecule has 1 aliphatic heterocycles. The van der Waals surface area contributed by atoms with Crippen LogP contribution in [-0.2, 0) is 11.3 Å². The molecular formula is C13H21N5O3. The summed E-state index contributed by atoms with van der Waals surface area (Å²) in [5, 5.41) is 18.8. The fourth-order valence-corrected chi connectivity index (χ4v) is 2.51. The van der Waals surface area contributed by atoms with Crippen molar-refractivity contribution in [3.05, 3.63) is 11.9 Å². The van der Waals surface area contributed by atoms with Crippen LogP contribution in [0, 0.1) is 0 Å². The van der Waals surface area contributed by atoms with Gasteiger partial charge < -0.3 is 15.3 Å². The number of rotatable bonds is 6. The monoisotopic (exact) mass is 295 g/mol. The van der Waals surface area contributed by atoms with Crippen molar-refractivity contribution in [1.82, 2.24) is 25.2 Å². The lowest BCUT2D eigenvalue weighted by Crippen LogP contribution is -2.45. The summed E-state index contributed by atoms with van der Waals surface area (Å²) in [6, 6.07) is 0.188. The molecule has 1 saturated heterocycles. The molecule has 2 N–H and O–H groups in total. The van der Waals surface area contributed by atoms with Gasteiger partial charge in [0.25, 0.3) is 0 Å². The Morgan fingerprint density at radius 1 is 1.43 bits per heavy atom. The molecule has 0 unspecified atom stereocenters. The Morgan fingerprint density at radius 2 is 2.14 bits per heavy atom. The number of carbonyl (C=O) groups is 2. The van der Waals surface area contributed by atoms with E-state index >= 15 is 0 Å². The van der Waals surface area contributed by atoms with Gasteiger partial charge >= 0.3 is 5.97 Å². The third kappa shape index (κ3) is 4.52. The average Bonchev–Trinajstić information content (AvgIpc) is 2.90. The maximum atomic E-state index is 11.9. The molecule has 0 bridgehead atoms. The van der Waals surface area contributed by atoms with Crippen LogP contribution in [0.3, 0.4) is 0 Å². The molecule has 1 aromatic heterocycles. The molecule has 2 heterocycles. The first-order chi connectivity index (χ1) is 10.1. The molecular weight excluding hydrogens is 274 g/mol. The summed E-state index contributed by atoms with van der Waals surface area (Å²) < 4.78 is 1.24. The molecule has 1 aliphatic rings. The average molecular weight is 295 g/mol. The number of carbonyl (C=O) groups excluding carboxylic acids is 1. The number of likely N-dealkylation sites (tertiary alicyclic amines) is 1. The number of hydrogen-bond acceptors (Lipinski definition) is 5. The highest BCUT2D eigenvalue weighted by Gasteiger charge is 2.20. The van der Waals surface area contributed by atoms with Crippen LogP contribution >= 0.6 is 0 Å². The van der Waals surface area contributed by atoms with Gasteiger partial charge in [-0.25, -0.2) is 9.48 Å². The van der Waals surface area contributed by atoms with Gasteiger partial charge in [0, 0.05) is 19.1 Å². The molecule has 8 heteroatoms. The number of aromatic carboxylic acids is 1. The van der Waals surface area contributed by atoms with Crippen molar-refractivity contribution in [3.63, 3.8) is 0 Å². The van der Waals surface area contributed by atoms with Crippen molar-refractivity contribution in [2.24, 2.45) is 0 Å².